The van der Waals surface area contributed by atoms with E-state index in [0.29, 0.717) is 12.3 Å². The van der Waals surface area contributed by atoms with Gasteiger partial charge in [-0.1, -0.05) is 6.07 Å². The van der Waals surface area contributed by atoms with Crippen molar-refractivity contribution >= 4 is 22.1 Å². The predicted molar refractivity (Wildman–Crippen MR) is 61.0 cm³/mol. The molecular formula is C10H11NO2S2. The van der Waals surface area contributed by atoms with Crippen LogP contribution < -0.4 is 5.73 Å². The van der Waals surface area contributed by atoms with Crippen LogP contribution in [0, 0.1) is 0 Å². The number of hydrogen-bond donors (Lipinski definition) is 1. The van der Waals surface area contributed by atoms with Crippen molar-refractivity contribution in [2.75, 3.05) is 0 Å². The summed E-state index contributed by atoms with van der Waals surface area (Å²) >= 11 is 1.50. The topological polar surface area (TPSA) is 56.2 Å². The molecule has 2 N–H and O–H groups in total. The van der Waals surface area contributed by atoms with Crippen molar-refractivity contribution in [3.8, 4) is 0 Å². The van der Waals surface area contributed by atoms with Crippen LogP contribution in [0.2, 0.25) is 0 Å². The van der Waals surface area contributed by atoms with E-state index in [1.165, 1.54) is 11.3 Å². The van der Waals surface area contributed by atoms with Crippen molar-refractivity contribution in [3.05, 3.63) is 41.2 Å². The van der Waals surface area contributed by atoms with Crippen LogP contribution in [0.1, 0.15) is 11.5 Å². The van der Waals surface area contributed by atoms with Crippen LogP contribution in [-0.2, 0) is 23.1 Å². The minimum atomic E-state index is -1.01. The molecule has 0 aliphatic carbocycles. The molecule has 2 rings (SSSR count). The van der Waals surface area contributed by atoms with Gasteiger partial charge in [-0.05, 0) is 23.6 Å². The zero-order valence-corrected chi connectivity index (χ0v) is 9.64. The molecule has 1 atom stereocenters. The van der Waals surface area contributed by atoms with E-state index in [0.717, 1.165) is 15.7 Å². The molecule has 0 saturated heterocycles. The number of furan rings is 1. The number of thiophene rings is 1. The van der Waals surface area contributed by atoms with Crippen molar-refractivity contribution < 1.29 is 8.63 Å². The van der Waals surface area contributed by atoms with E-state index in [2.05, 4.69) is 0 Å². The Balaban J connectivity index is 2.06. The summed E-state index contributed by atoms with van der Waals surface area (Å²) in [5.74, 6) is 1.87. The van der Waals surface area contributed by atoms with Crippen molar-refractivity contribution in [3.63, 3.8) is 0 Å². The Morgan fingerprint density at radius 2 is 2.13 bits per heavy atom. The van der Waals surface area contributed by atoms with Crippen molar-refractivity contribution in [1.29, 1.82) is 0 Å². The second-order valence-corrected chi connectivity index (χ2v) is 5.62. The second kappa shape index (κ2) is 4.74. The smallest absolute Gasteiger partial charge is 0.117 e. The molecular weight excluding hydrogens is 230 g/mol. The first kappa shape index (κ1) is 10.6. The molecule has 3 nitrogen and oxygen atoms in total. The van der Waals surface area contributed by atoms with Gasteiger partial charge in [-0.15, -0.1) is 11.3 Å². The van der Waals surface area contributed by atoms with Crippen LogP contribution in [-0.4, -0.2) is 4.21 Å². The number of nitrogens with two attached hydrogens (primary N) is 1. The van der Waals surface area contributed by atoms with Gasteiger partial charge >= 0.3 is 0 Å². The highest BCUT2D eigenvalue weighted by molar-refractivity contribution is 7.86. The average Bonchev–Trinajstić information content (AvgIpc) is 2.87. The Hall–Kier alpha value is -0.910. The van der Waals surface area contributed by atoms with E-state index < -0.39 is 10.8 Å². The number of hydrogen-bond acceptors (Lipinski definition) is 4. The van der Waals surface area contributed by atoms with Crippen molar-refractivity contribution in [2.24, 2.45) is 5.73 Å². The molecule has 1 unspecified atom stereocenters. The summed E-state index contributed by atoms with van der Waals surface area (Å²) < 4.78 is 18.1. The van der Waals surface area contributed by atoms with Gasteiger partial charge in [-0.3, -0.25) is 4.21 Å². The Morgan fingerprint density at radius 1 is 1.33 bits per heavy atom. The first-order valence-corrected chi connectivity index (χ1v) is 6.69. The summed E-state index contributed by atoms with van der Waals surface area (Å²) in [5.41, 5.74) is 5.42. The Kier molecular flexibility index (Phi) is 3.35. The third kappa shape index (κ3) is 2.56. The maximum atomic E-state index is 11.8. The van der Waals surface area contributed by atoms with Crippen molar-refractivity contribution in [2.45, 2.75) is 16.5 Å². The predicted octanol–water partition coefficient (Wildman–Crippen LogP) is 2.11. The lowest BCUT2D eigenvalue weighted by atomic mass is 10.4. The Bertz CT molecular complexity index is 448. The maximum absolute atomic E-state index is 11.8. The Morgan fingerprint density at radius 3 is 2.73 bits per heavy atom. The third-order valence-corrected chi connectivity index (χ3v) is 4.55. The quantitative estimate of drug-likeness (QED) is 0.892. The van der Waals surface area contributed by atoms with Crippen LogP contribution in [0.25, 0.3) is 0 Å². The lowest BCUT2D eigenvalue weighted by Crippen LogP contribution is -1.94. The largest absolute Gasteiger partial charge is 0.464 e. The summed E-state index contributed by atoms with van der Waals surface area (Å²) in [6, 6.07) is 7.41. The lowest BCUT2D eigenvalue weighted by Gasteiger charge is -1.95. The summed E-state index contributed by atoms with van der Waals surface area (Å²) in [6.07, 6.45) is 0. The molecule has 5 heteroatoms. The standard InChI is InChI=1S/C10H11NO2S2/c11-6-8-3-4-9(13-8)7-15(12)10-2-1-5-14-10/h1-5H,6-7,11H2. The van der Waals surface area contributed by atoms with Crippen molar-refractivity contribution in [1.82, 2.24) is 0 Å². The van der Waals surface area contributed by atoms with Gasteiger partial charge in [-0.25, -0.2) is 0 Å². The average molecular weight is 241 g/mol. The molecule has 80 valence electrons. The molecule has 0 radical (unpaired) electrons. The molecule has 0 aromatic carbocycles. The normalized spacial score (nSPS) is 12.9. The van der Waals surface area contributed by atoms with Crippen LogP contribution in [0.15, 0.2) is 38.3 Å². The monoisotopic (exact) mass is 241 g/mol. The summed E-state index contributed by atoms with van der Waals surface area (Å²) in [6.45, 7) is 0.381. The fraction of sp³-hybridized carbons (Fsp3) is 0.200. The molecule has 2 heterocycles. The van der Waals surface area contributed by atoms with Gasteiger partial charge in [0.2, 0.25) is 0 Å². The first-order valence-electron chi connectivity index (χ1n) is 4.49. The maximum Gasteiger partial charge on any atom is 0.117 e. The van der Waals surface area contributed by atoms with Crippen LogP contribution in [0.4, 0.5) is 0 Å². The SMILES string of the molecule is NCc1ccc(CS(=O)c2cccs2)o1. The van der Waals surface area contributed by atoms with E-state index >= 15 is 0 Å². The molecule has 2 aromatic heterocycles. The highest BCUT2D eigenvalue weighted by atomic mass is 32.2. The Labute approximate surface area is 94.4 Å². The highest BCUT2D eigenvalue weighted by Crippen LogP contribution is 2.18. The highest BCUT2D eigenvalue weighted by Gasteiger charge is 2.08. The number of rotatable bonds is 4. The minimum absolute atomic E-state index is 0.381. The van der Waals surface area contributed by atoms with Gasteiger partial charge in [0.15, 0.2) is 0 Å². The molecule has 0 aliphatic heterocycles. The fourth-order valence-electron chi connectivity index (χ4n) is 1.20. The zero-order chi connectivity index (χ0) is 10.7. The van der Waals surface area contributed by atoms with Gasteiger partial charge in [-0.2, -0.15) is 0 Å². The third-order valence-electron chi connectivity index (χ3n) is 1.91. The summed E-state index contributed by atoms with van der Waals surface area (Å²) in [4.78, 5) is 0. The van der Waals surface area contributed by atoms with E-state index in [9.17, 15) is 4.21 Å². The molecule has 0 fully saturated rings. The van der Waals surface area contributed by atoms with Gasteiger partial charge in [0, 0.05) is 0 Å². The van der Waals surface area contributed by atoms with Gasteiger partial charge in [0.05, 0.1) is 27.3 Å². The molecule has 0 amide bonds. The van der Waals surface area contributed by atoms with Crippen LogP contribution in [0.3, 0.4) is 0 Å². The van der Waals surface area contributed by atoms with E-state index in [4.69, 9.17) is 10.2 Å². The summed E-state index contributed by atoms with van der Waals surface area (Å²) in [5, 5.41) is 1.92. The zero-order valence-electron chi connectivity index (χ0n) is 8.01. The first-order chi connectivity index (χ1) is 7.29. The van der Waals surface area contributed by atoms with E-state index in [1.54, 1.807) is 0 Å². The van der Waals surface area contributed by atoms with Crippen LogP contribution in [0.5, 0.6) is 0 Å². The molecule has 2 aromatic rings. The van der Waals surface area contributed by atoms with Crippen LogP contribution >= 0.6 is 11.3 Å². The molecule has 0 aliphatic rings. The molecule has 0 spiro atoms. The van der Waals surface area contributed by atoms with Gasteiger partial charge in [0.25, 0.3) is 0 Å². The molecule has 0 saturated carbocycles. The second-order valence-electron chi connectivity index (χ2n) is 2.99. The minimum Gasteiger partial charge on any atom is -0.464 e. The van der Waals surface area contributed by atoms with Gasteiger partial charge in [0.1, 0.15) is 11.5 Å². The van der Waals surface area contributed by atoms with Gasteiger partial charge < -0.3 is 10.2 Å². The van der Waals surface area contributed by atoms with E-state index in [1.807, 2.05) is 29.6 Å². The lowest BCUT2D eigenvalue weighted by molar-refractivity contribution is 0.481. The van der Waals surface area contributed by atoms with E-state index in [-0.39, 0.29) is 0 Å². The summed E-state index contributed by atoms with van der Waals surface area (Å²) in [7, 11) is -1.01. The molecule has 15 heavy (non-hydrogen) atoms. The fourth-order valence-corrected chi connectivity index (χ4v) is 3.21. The molecule has 0 bridgehead atoms.